The molecule has 2 fully saturated rings. The number of hydrogen-bond acceptors (Lipinski definition) is 6. The smallest absolute Gasteiger partial charge is 0.338 e. The third-order valence-corrected chi connectivity index (χ3v) is 2.05. The molecule has 2 rings (SSSR count). The summed E-state index contributed by atoms with van der Waals surface area (Å²) in [4.78, 5) is 10.7. The van der Waals surface area contributed by atoms with Crippen molar-refractivity contribution in [3.8, 4) is 0 Å². The first-order chi connectivity index (χ1) is 5.61. The lowest BCUT2D eigenvalue weighted by atomic mass is 10.1. The monoisotopic (exact) mass is 176 g/mol. The topological polar surface area (TPSA) is 96.2 Å². The summed E-state index contributed by atoms with van der Waals surface area (Å²) in [5.74, 6) is -0.823. The fourth-order valence-corrected chi connectivity index (χ4v) is 1.40. The van der Waals surface area contributed by atoms with Gasteiger partial charge in [0.15, 0.2) is 18.5 Å². The molecule has 2 heterocycles. The Balaban J connectivity index is 2.19. The van der Waals surface area contributed by atoms with Crippen LogP contribution in [0.4, 0.5) is 0 Å². The van der Waals surface area contributed by atoms with Crippen molar-refractivity contribution in [2.45, 2.75) is 30.7 Å². The molecule has 6 heteroatoms. The van der Waals surface area contributed by atoms with Crippen molar-refractivity contribution < 1.29 is 29.6 Å². The minimum Gasteiger partial charge on any atom is -0.454 e. The number of ether oxygens (including phenoxy) is 2. The lowest BCUT2D eigenvalue weighted by Crippen LogP contribution is -2.32. The number of rotatable bonds is 0. The second-order valence-electron chi connectivity index (χ2n) is 2.83. The Morgan fingerprint density at radius 2 is 1.83 bits per heavy atom. The summed E-state index contributed by atoms with van der Waals surface area (Å²) in [6.07, 6.45) is -5.94. The van der Waals surface area contributed by atoms with Gasteiger partial charge in [-0.05, 0) is 0 Å². The molecule has 5 atom stereocenters. The van der Waals surface area contributed by atoms with E-state index >= 15 is 0 Å². The highest BCUT2D eigenvalue weighted by Crippen LogP contribution is 2.30. The van der Waals surface area contributed by atoms with Crippen molar-refractivity contribution in [2.75, 3.05) is 0 Å². The summed E-state index contributed by atoms with van der Waals surface area (Å²) in [5, 5.41) is 27.2. The number of hydrogen-bond donors (Lipinski definition) is 3. The zero-order chi connectivity index (χ0) is 8.88. The Hall–Kier alpha value is -0.690. The van der Waals surface area contributed by atoms with E-state index in [9.17, 15) is 4.79 Å². The van der Waals surface area contributed by atoms with Gasteiger partial charge in [-0.3, -0.25) is 0 Å². The van der Waals surface area contributed by atoms with Crippen LogP contribution in [0.15, 0.2) is 0 Å². The normalized spacial score (nSPS) is 52.2. The maximum absolute atomic E-state index is 10.7. The summed E-state index contributed by atoms with van der Waals surface area (Å²) < 4.78 is 9.25. The van der Waals surface area contributed by atoms with E-state index in [1.54, 1.807) is 0 Å². The number of fused-ring (bicyclic) bond motifs is 1. The van der Waals surface area contributed by atoms with Gasteiger partial charge in [0.2, 0.25) is 0 Å². The van der Waals surface area contributed by atoms with E-state index in [0.29, 0.717) is 0 Å². The highest BCUT2D eigenvalue weighted by Gasteiger charge is 2.56. The van der Waals surface area contributed by atoms with Crippen LogP contribution in [0.1, 0.15) is 0 Å². The molecule has 0 saturated carbocycles. The molecule has 0 aromatic rings. The molecule has 12 heavy (non-hydrogen) atoms. The Morgan fingerprint density at radius 3 is 2.42 bits per heavy atom. The minimum atomic E-state index is -1.40. The average molecular weight is 176 g/mol. The molecule has 68 valence electrons. The molecule has 0 spiro atoms. The van der Waals surface area contributed by atoms with Gasteiger partial charge in [0.25, 0.3) is 0 Å². The van der Waals surface area contributed by atoms with Gasteiger partial charge in [0.05, 0.1) is 0 Å². The first-order valence-corrected chi connectivity index (χ1v) is 3.51. The van der Waals surface area contributed by atoms with E-state index in [2.05, 4.69) is 9.47 Å². The second kappa shape index (κ2) is 2.40. The number of aliphatic hydroxyl groups is 3. The van der Waals surface area contributed by atoms with Crippen LogP contribution in [0.2, 0.25) is 0 Å². The van der Waals surface area contributed by atoms with Crippen molar-refractivity contribution in [2.24, 2.45) is 0 Å². The van der Waals surface area contributed by atoms with Gasteiger partial charge >= 0.3 is 5.97 Å². The van der Waals surface area contributed by atoms with E-state index in [1.165, 1.54) is 0 Å². The molecule has 0 radical (unpaired) electrons. The fourth-order valence-electron chi connectivity index (χ4n) is 1.40. The SMILES string of the molecule is O=C1OC2[C@H](O)[C@@H](O)O[C@@H]2[C@@H]1O. The molecule has 6 nitrogen and oxygen atoms in total. The van der Waals surface area contributed by atoms with Crippen LogP contribution < -0.4 is 0 Å². The van der Waals surface area contributed by atoms with E-state index in [0.717, 1.165) is 0 Å². The van der Waals surface area contributed by atoms with Gasteiger partial charge in [0, 0.05) is 0 Å². The first-order valence-electron chi connectivity index (χ1n) is 3.51. The third-order valence-electron chi connectivity index (χ3n) is 2.05. The van der Waals surface area contributed by atoms with Crippen molar-refractivity contribution in [3.63, 3.8) is 0 Å². The zero-order valence-electron chi connectivity index (χ0n) is 5.95. The molecule has 0 aliphatic carbocycles. The quantitative estimate of drug-likeness (QED) is 0.349. The van der Waals surface area contributed by atoms with Gasteiger partial charge in [-0.15, -0.1) is 0 Å². The third kappa shape index (κ3) is 0.862. The van der Waals surface area contributed by atoms with Crippen molar-refractivity contribution in [3.05, 3.63) is 0 Å². The Morgan fingerprint density at radius 1 is 1.17 bits per heavy atom. The van der Waals surface area contributed by atoms with Crippen LogP contribution in [-0.4, -0.2) is 52.0 Å². The molecule has 0 bridgehead atoms. The highest BCUT2D eigenvalue weighted by molar-refractivity contribution is 5.78. The number of carbonyl (C=O) groups excluding carboxylic acids is 1. The predicted molar refractivity (Wildman–Crippen MR) is 32.8 cm³/mol. The Labute approximate surface area is 67.3 Å². The van der Waals surface area contributed by atoms with E-state index in [4.69, 9.17) is 15.3 Å². The number of esters is 1. The maximum Gasteiger partial charge on any atom is 0.338 e. The van der Waals surface area contributed by atoms with Crippen LogP contribution in [0.3, 0.4) is 0 Å². The fraction of sp³-hybridized carbons (Fsp3) is 0.833. The summed E-state index contributed by atoms with van der Waals surface area (Å²) in [5.41, 5.74) is 0. The van der Waals surface area contributed by atoms with Crippen molar-refractivity contribution in [1.82, 2.24) is 0 Å². The minimum absolute atomic E-state index is 0.823. The lowest BCUT2D eigenvalue weighted by Gasteiger charge is -2.10. The number of carbonyl (C=O) groups is 1. The van der Waals surface area contributed by atoms with Crippen molar-refractivity contribution in [1.29, 1.82) is 0 Å². The molecule has 3 N–H and O–H groups in total. The molecular weight excluding hydrogens is 168 g/mol. The summed E-state index contributed by atoms with van der Waals surface area (Å²) in [7, 11) is 0. The van der Waals surface area contributed by atoms with Gasteiger partial charge < -0.3 is 24.8 Å². The summed E-state index contributed by atoms with van der Waals surface area (Å²) in [6, 6.07) is 0. The van der Waals surface area contributed by atoms with E-state index in [-0.39, 0.29) is 0 Å². The Kier molecular flexibility index (Phi) is 1.58. The summed E-state index contributed by atoms with van der Waals surface area (Å²) >= 11 is 0. The average Bonchev–Trinajstić information content (AvgIpc) is 2.43. The molecule has 1 unspecified atom stereocenters. The molecule has 0 amide bonds. The highest BCUT2D eigenvalue weighted by atomic mass is 16.7. The van der Waals surface area contributed by atoms with Crippen molar-refractivity contribution >= 4 is 5.97 Å². The van der Waals surface area contributed by atoms with E-state index < -0.39 is 36.7 Å². The van der Waals surface area contributed by atoms with Gasteiger partial charge in [-0.1, -0.05) is 0 Å². The largest absolute Gasteiger partial charge is 0.454 e. The maximum atomic E-state index is 10.7. The lowest BCUT2D eigenvalue weighted by molar-refractivity contribution is -0.168. The Bertz CT molecular complexity index is 216. The second-order valence-corrected chi connectivity index (χ2v) is 2.83. The molecular formula is C6H8O6. The van der Waals surface area contributed by atoms with E-state index in [1.807, 2.05) is 0 Å². The predicted octanol–water partition coefficient (Wildman–Crippen LogP) is -2.65. The zero-order valence-corrected chi connectivity index (χ0v) is 5.95. The van der Waals surface area contributed by atoms with Gasteiger partial charge in [-0.25, -0.2) is 4.79 Å². The van der Waals surface area contributed by atoms with Gasteiger partial charge in [-0.2, -0.15) is 0 Å². The molecule has 2 saturated heterocycles. The molecule has 0 aromatic carbocycles. The van der Waals surface area contributed by atoms with Crippen LogP contribution in [0.25, 0.3) is 0 Å². The summed E-state index contributed by atoms with van der Waals surface area (Å²) in [6.45, 7) is 0. The molecule has 2 aliphatic heterocycles. The van der Waals surface area contributed by atoms with Crippen LogP contribution in [0, 0.1) is 0 Å². The molecule has 2 aliphatic rings. The first kappa shape index (κ1) is 7.93. The van der Waals surface area contributed by atoms with Crippen LogP contribution >= 0.6 is 0 Å². The van der Waals surface area contributed by atoms with Crippen LogP contribution in [0.5, 0.6) is 0 Å². The number of aliphatic hydroxyl groups excluding tert-OH is 3. The van der Waals surface area contributed by atoms with Crippen LogP contribution in [-0.2, 0) is 14.3 Å². The molecule has 0 aromatic heterocycles. The standard InChI is InChI=1S/C6H8O6/c7-1-3-4(12-5(1)9)2(8)6(10)11-3/h1-5,7-9H/t1-,2-,3?,4+,5-/m0/s1. The van der Waals surface area contributed by atoms with Gasteiger partial charge in [0.1, 0.15) is 12.2 Å².